The van der Waals surface area contributed by atoms with Crippen LogP contribution in [0.2, 0.25) is 0 Å². The number of ether oxygens (including phenoxy) is 2. The zero-order chi connectivity index (χ0) is 44.3. The number of carbonyl (C=O) groups excluding carboxylic acids is 4. The van der Waals surface area contributed by atoms with E-state index in [1.54, 1.807) is 45.1 Å². The minimum atomic E-state index is -1.89. The van der Waals surface area contributed by atoms with E-state index >= 15 is 0 Å². The number of nitrogens with zero attached hydrogens (tertiary/aromatic N) is 1. The number of rotatable bonds is 3. The van der Waals surface area contributed by atoms with E-state index in [9.17, 15) is 49.8 Å². The normalized spacial score (nSPS) is 42.2. The van der Waals surface area contributed by atoms with Gasteiger partial charge in [-0.1, -0.05) is 77.2 Å². The second-order valence-electron chi connectivity index (χ2n) is 18.7. The number of Topliss-reactive ketones (excluding diaryl/α,β-unsaturated/α-hetero) is 2. The third kappa shape index (κ3) is 14.5. The van der Waals surface area contributed by atoms with Gasteiger partial charge in [0.25, 0.3) is 0 Å². The molecule has 2 bridgehead atoms. The van der Waals surface area contributed by atoms with Gasteiger partial charge in [-0.05, 0) is 88.0 Å². The van der Waals surface area contributed by atoms with Crippen LogP contribution < -0.4 is 0 Å². The molecule has 1 amide bonds. The van der Waals surface area contributed by atoms with Crippen LogP contribution in [0.25, 0.3) is 0 Å². The Kier molecular flexibility index (Phi) is 18.9. The van der Waals surface area contributed by atoms with Crippen LogP contribution in [0.4, 0.5) is 0 Å². The highest BCUT2D eigenvalue weighted by atomic mass is 16.6. The lowest BCUT2D eigenvalue weighted by atomic mass is 9.78. The summed E-state index contributed by atoms with van der Waals surface area (Å²) in [5.41, 5.74) is 0.479. The average Bonchev–Trinajstić information content (AvgIpc) is 3.18. The molecular weight excluding hydrogens is 771 g/mol. The molecule has 338 valence electrons. The number of aliphatic hydroxyl groups excluding tert-OH is 5. The molecule has 1 aliphatic carbocycles. The van der Waals surface area contributed by atoms with E-state index in [-0.39, 0.29) is 73.9 Å². The number of hydrogen-bond donors (Lipinski definition) is 6. The fourth-order valence-corrected chi connectivity index (χ4v) is 9.22. The Morgan fingerprint density at radius 2 is 1.50 bits per heavy atom. The number of allylic oxidation sites excluding steroid dienone is 6. The number of ketones is 2. The average molecular weight is 844 g/mol. The molecule has 4 rings (SSSR count). The van der Waals surface area contributed by atoms with E-state index in [1.165, 1.54) is 4.90 Å². The molecule has 5 unspecified atom stereocenters. The molecule has 0 aromatic carbocycles. The van der Waals surface area contributed by atoms with Gasteiger partial charge in [0.05, 0.1) is 43.0 Å². The highest BCUT2D eigenvalue weighted by molar-refractivity contribution is 5.86. The van der Waals surface area contributed by atoms with Crippen molar-refractivity contribution >= 4 is 23.4 Å². The Labute approximate surface area is 356 Å². The maximum atomic E-state index is 14.2. The molecule has 3 aliphatic heterocycles. The molecule has 2 saturated heterocycles. The van der Waals surface area contributed by atoms with Crippen LogP contribution in [0, 0.1) is 35.5 Å². The Morgan fingerprint density at radius 3 is 2.20 bits per heavy atom. The van der Waals surface area contributed by atoms with Crippen molar-refractivity contribution in [3.8, 4) is 0 Å². The van der Waals surface area contributed by atoms with Crippen LogP contribution in [0.5, 0.6) is 0 Å². The predicted molar refractivity (Wildman–Crippen MR) is 226 cm³/mol. The van der Waals surface area contributed by atoms with Gasteiger partial charge >= 0.3 is 5.97 Å². The SMILES string of the molecule is C/C1=C\[C@@H](C)C(=O)C[C@@H]([C@H](C)CC2CCC(O)C(O)C2)OC(=O)C2CCC(O)CN2C(=O)C[C@]2(O)O[C@@H](CC[C@H]2C)C[C@H](O)/C=C/C=C/C=C/[C@@H](C)C[C@@H](C)C(=O)C[C@@H]1O. The largest absolute Gasteiger partial charge is 0.460 e. The Morgan fingerprint density at radius 1 is 0.800 bits per heavy atom. The smallest absolute Gasteiger partial charge is 0.329 e. The fourth-order valence-electron chi connectivity index (χ4n) is 9.22. The number of aliphatic hydroxyl groups is 6. The lowest BCUT2D eigenvalue weighted by Crippen LogP contribution is -2.57. The van der Waals surface area contributed by atoms with Crippen LogP contribution in [-0.2, 0) is 28.7 Å². The number of hydrogen-bond acceptors (Lipinski definition) is 12. The van der Waals surface area contributed by atoms with E-state index in [0.29, 0.717) is 50.5 Å². The molecule has 13 heteroatoms. The molecule has 6 N–H and O–H groups in total. The standard InChI is InChI=1S/C47H73NO12/c1-28-11-9-7-8-10-12-35(49)23-37-16-13-33(6)47(58,60-37)26-45(56)48-27-36(50)15-17-38(48)46(57)59-44(32(5)21-34-14-18-39(51)43(55)22-34)25-42(54)31(4)20-30(3)41(53)24-40(52)29(2)19-28/h7-12,20,28-29,31-39,41,43-44,49-51,53,55,58H,13-19,21-27H2,1-6H3/b8-7+,11-9+,12-10+,30-20+/t28-,29-,31-,32-,33-,34?,35-,36?,37+,38?,39?,41+,43?,44+,47+/m1/s1. The molecular formula is C47H73NO12. The Bertz CT molecular complexity index is 1570. The fraction of sp³-hybridized carbons (Fsp3) is 0.745. The van der Waals surface area contributed by atoms with Crippen molar-refractivity contribution in [3.63, 3.8) is 0 Å². The highest BCUT2D eigenvalue weighted by Gasteiger charge is 2.47. The number of amides is 1. The molecule has 3 fully saturated rings. The molecule has 0 aromatic heterocycles. The van der Waals surface area contributed by atoms with Crippen molar-refractivity contribution in [2.45, 2.75) is 180 Å². The summed E-state index contributed by atoms with van der Waals surface area (Å²) in [5, 5.41) is 64.8. The van der Waals surface area contributed by atoms with Gasteiger partial charge in [0.2, 0.25) is 5.91 Å². The topological polar surface area (TPSA) is 211 Å². The highest BCUT2D eigenvalue weighted by Crippen LogP contribution is 2.38. The van der Waals surface area contributed by atoms with Crippen LogP contribution >= 0.6 is 0 Å². The van der Waals surface area contributed by atoms with E-state index in [4.69, 9.17) is 9.47 Å². The van der Waals surface area contributed by atoms with Crippen molar-refractivity contribution in [2.75, 3.05) is 6.54 Å². The minimum Gasteiger partial charge on any atom is -0.460 e. The third-order valence-electron chi connectivity index (χ3n) is 13.3. The van der Waals surface area contributed by atoms with E-state index < -0.39 is 84.7 Å². The van der Waals surface area contributed by atoms with Crippen LogP contribution in [0.15, 0.2) is 48.1 Å². The number of carbonyl (C=O) groups is 4. The first kappa shape index (κ1) is 49.6. The predicted octanol–water partition coefficient (Wildman–Crippen LogP) is 4.65. The molecule has 4 aliphatic rings. The molecule has 0 radical (unpaired) electrons. The lowest BCUT2D eigenvalue weighted by molar-refractivity contribution is -0.283. The number of cyclic esters (lactones) is 1. The maximum absolute atomic E-state index is 14.2. The van der Waals surface area contributed by atoms with Crippen LogP contribution in [0.3, 0.4) is 0 Å². The molecule has 0 aromatic rings. The number of esters is 1. The lowest BCUT2D eigenvalue weighted by Gasteiger charge is -2.44. The van der Waals surface area contributed by atoms with E-state index in [1.807, 2.05) is 39.0 Å². The van der Waals surface area contributed by atoms with Crippen molar-refractivity contribution in [3.05, 3.63) is 48.1 Å². The third-order valence-corrected chi connectivity index (χ3v) is 13.3. The second kappa shape index (κ2) is 22.9. The van der Waals surface area contributed by atoms with Gasteiger partial charge < -0.3 is 45.0 Å². The molecule has 1 saturated carbocycles. The van der Waals surface area contributed by atoms with Gasteiger partial charge in [0, 0.05) is 43.6 Å². The molecule has 15 atom stereocenters. The van der Waals surface area contributed by atoms with Crippen molar-refractivity contribution in [2.24, 2.45) is 35.5 Å². The van der Waals surface area contributed by atoms with Gasteiger partial charge in [-0.25, -0.2) is 4.79 Å². The summed E-state index contributed by atoms with van der Waals surface area (Å²) in [5.74, 6) is -5.28. The van der Waals surface area contributed by atoms with Gasteiger partial charge in [-0.15, -0.1) is 0 Å². The van der Waals surface area contributed by atoms with Gasteiger partial charge in [0.1, 0.15) is 23.7 Å². The van der Waals surface area contributed by atoms with E-state index in [2.05, 4.69) is 0 Å². The van der Waals surface area contributed by atoms with E-state index in [0.717, 1.165) is 0 Å². The quantitative estimate of drug-likeness (QED) is 0.170. The van der Waals surface area contributed by atoms with Crippen LogP contribution in [0.1, 0.15) is 125 Å². The number of piperidine rings is 1. The van der Waals surface area contributed by atoms with Gasteiger partial charge in [-0.3, -0.25) is 14.4 Å². The summed E-state index contributed by atoms with van der Waals surface area (Å²) >= 11 is 0. The summed E-state index contributed by atoms with van der Waals surface area (Å²) in [6.07, 6.45) is 9.79. The Balaban J connectivity index is 1.63. The first-order valence-corrected chi connectivity index (χ1v) is 22.3. The van der Waals surface area contributed by atoms with Gasteiger partial charge in [-0.2, -0.15) is 0 Å². The molecule has 0 spiro atoms. The maximum Gasteiger partial charge on any atom is 0.329 e. The summed E-state index contributed by atoms with van der Waals surface area (Å²) in [6.45, 7) is 10.7. The Hall–Kier alpha value is -3.04. The summed E-state index contributed by atoms with van der Waals surface area (Å²) < 4.78 is 12.3. The number of fused-ring (bicyclic) bond motifs is 3. The minimum absolute atomic E-state index is 0.00869. The zero-order valence-corrected chi connectivity index (χ0v) is 36.6. The summed E-state index contributed by atoms with van der Waals surface area (Å²) in [6, 6.07) is -1.10. The second-order valence-corrected chi connectivity index (χ2v) is 18.7. The van der Waals surface area contributed by atoms with Gasteiger partial charge in [0.15, 0.2) is 5.79 Å². The summed E-state index contributed by atoms with van der Waals surface area (Å²) in [7, 11) is 0. The van der Waals surface area contributed by atoms with Crippen molar-refractivity contribution in [1.29, 1.82) is 0 Å². The molecule has 60 heavy (non-hydrogen) atoms. The summed E-state index contributed by atoms with van der Waals surface area (Å²) in [4.78, 5) is 56.5. The molecule has 13 nitrogen and oxygen atoms in total. The first-order chi connectivity index (χ1) is 28.3. The first-order valence-electron chi connectivity index (χ1n) is 22.3. The molecule has 3 heterocycles. The monoisotopic (exact) mass is 844 g/mol. The van der Waals surface area contributed by atoms with Crippen molar-refractivity contribution in [1.82, 2.24) is 4.90 Å². The zero-order valence-electron chi connectivity index (χ0n) is 36.6. The van der Waals surface area contributed by atoms with Crippen LogP contribution in [-0.4, -0.2) is 120 Å². The van der Waals surface area contributed by atoms with Crippen molar-refractivity contribution < 1.29 is 59.3 Å².